The van der Waals surface area contributed by atoms with Crippen molar-refractivity contribution in [2.24, 2.45) is 17.3 Å². The van der Waals surface area contributed by atoms with Crippen molar-refractivity contribution in [2.45, 2.75) is 19.8 Å². The number of carbonyl (C=O) groups is 3. The van der Waals surface area contributed by atoms with Gasteiger partial charge in [0.15, 0.2) is 0 Å². The quantitative estimate of drug-likeness (QED) is 0.727. The topological polar surface area (TPSA) is 81.2 Å². The second-order valence-corrected chi connectivity index (χ2v) is 7.28. The lowest BCUT2D eigenvalue weighted by Gasteiger charge is -2.26. The molecule has 1 N–H and O–H groups in total. The predicted octanol–water partition coefficient (Wildman–Crippen LogP) is -0.280. The van der Waals surface area contributed by atoms with E-state index in [4.69, 9.17) is 0 Å². The number of carboxylic acid groups (broad SMARTS) is 1. The SMILES string of the molecule is CCN(C)CC(=O)N1C[C@H]2C(=O)N(CC3CC3)C[C@@]2(C(=O)O)C1. The van der Waals surface area contributed by atoms with E-state index in [1.807, 2.05) is 18.9 Å². The van der Waals surface area contributed by atoms with Crippen LogP contribution in [0.4, 0.5) is 0 Å². The van der Waals surface area contributed by atoms with Crippen LogP contribution in [0.15, 0.2) is 0 Å². The van der Waals surface area contributed by atoms with Crippen LogP contribution in [0.3, 0.4) is 0 Å². The lowest BCUT2D eigenvalue weighted by Crippen LogP contribution is -2.44. The van der Waals surface area contributed by atoms with Crippen molar-refractivity contribution in [3.05, 3.63) is 0 Å². The maximum atomic E-state index is 12.6. The maximum absolute atomic E-state index is 12.6. The van der Waals surface area contributed by atoms with Crippen LogP contribution in [0.25, 0.3) is 0 Å². The molecule has 0 bridgehead atoms. The van der Waals surface area contributed by atoms with E-state index in [2.05, 4.69) is 0 Å². The molecule has 128 valence electrons. The highest BCUT2D eigenvalue weighted by Crippen LogP contribution is 2.45. The first-order valence-corrected chi connectivity index (χ1v) is 8.36. The van der Waals surface area contributed by atoms with Crippen molar-refractivity contribution in [1.29, 1.82) is 0 Å². The van der Waals surface area contributed by atoms with Gasteiger partial charge in [0.05, 0.1) is 12.5 Å². The summed E-state index contributed by atoms with van der Waals surface area (Å²) in [6.45, 7) is 4.29. The second-order valence-electron chi connectivity index (χ2n) is 7.28. The summed E-state index contributed by atoms with van der Waals surface area (Å²) >= 11 is 0. The van der Waals surface area contributed by atoms with Gasteiger partial charge in [-0.25, -0.2) is 0 Å². The fourth-order valence-corrected chi connectivity index (χ4v) is 3.71. The molecule has 3 aliphatic rings. The van der Waals surface area contributed by atoms with Crippen LogP contribution in [0.5, 0.6) is 0 Å². The molecule has 2 atom stereocenters. The van der Waals surface area contributed by atoms with Gasteiger partial charge in [-0.15, -0.1) is 0 Å². The Morgan fingerprint density at radius 3 is 2.57 bits per heavy atom. The molecule has 0 aromatic heterocycles. The normalized spacial score (nSPS) is 30.2. The zero-order chi connectivity index (χ0) is 16.8. The summed E-state index contributed by atoms with van der Waals surface area (Å²) in [5.41, 5.74) is -1.12. The van der Waals surface area contributed by atoms with Crippen molar-refractivity contribution in [1.82, 2.24) is 14.7 Å². The highest BCUT2D eigenvalue weighted by molar-refractivity contribution is 5.94. The van der Waals surface area contributed by atoms with E-state index in [-0.39, 0.29) is 38.0 Å². The molecule has 0 unspecified atom stereocenters. The Bertz CT molecular complexity index is 533. The molecular formula is C16H25N3O4. The van der Waals surface area contributed by atoms with Crippen molar-refractivity contribution >= 4 is 17.8 Å². The Kier molecular flexibility index (Phi) is 4.08. The Hall–Kier alpha value is -1.63. The van der Waals surface area contributed by atoms with E-state index in [9.17, 15) is 19.5 Å². The number of hydrogen-bond acceptors (Lipinski definition) is 4. The fourth-order valence-electron chi connectivity index (χ4n) is 3.71. The molecule has 3 fully saturated rings. The van der Waals surface area contributed by atoms with Crippen molar-refractivity contribution in [2.75, 3.05) is 46.3 Å². The molecule has 0 aromatic rings. The van der Waals surface area contributed by atoms with E-state index < -0.39 is 17.3 Å². The van der Waals surface area contributed by atoms with E-state index in [1.54, 1.807) is 9.80 Å². The number of rotatable bonds is 6. The molecule has 2 aliphatic heterocycles. The molecule has 1 saturated carbocycles. The molecule has 3 rings (SSSR count). The number of amides is 2. The summed E-state index contributed by atoms with van der Waals surface area (Å²) in [6, 6.07) is 0. The number of hydrogen-bond donors (Lipinski definition) is 1. The summed E-state index contributed by atoms with van der Waals surface area (Å²) in [4.78, 5) is 42.1. The number of likely N-dealkylation sites (tertiary alicyclic amines) is 2. The summed E-state index contributed by atoms with van der Waals surface area (Å²) in [5.74, 6) is -1.17. The molecule has 0 spiro atoms. The number of carbonyl (C=O) groups excluding carboxylic acids is 2. The molecular weight excluding hydrogens is 298 g/mol. The van der Waals surface area contributed by atoms with E-state index >= 15 is 0 Å². The smallest absolute Gasteiger partial charge is 0.314 e. The number of fused-ring (bicyclic) bond motifs is 1. The zero-order valence-electron chi connectivity index (χ0n) is 13.8. The molecule has 7 nitrogen and oxygen atoms in total. The molecule has 0 radical (unpaired) electrons. The van der Waals surface area contributed by atoms with Crippen LogP contribution < -0.4 is 0 Å². The lowest BCUT2D eigenvalue weighted by atomic mass is 9.81. The average molecular weight is 323 g/mol. The highest BCUT2D eigenvalue weighted by atomic mass is 16.4. The second kappa shape index (κ2) is 5.78. The molecule has 23 heavy (non-hydrogen) atoms. The van der Waals surface area contributed by atoms with Crippen LogP contribution in [-0.2, 0) is 14.4 Å². The molecule has 1 aliphatic carbocycles. The van der Waals surface area contributed by atoms with Crippen LogP contribution in [0.2, 0.25) is 0 Å². The number of likely N-dealkylation sites (N-methyl/N-ethyl adjacent to an activating group) is 1. The van der Waals surface area contributed by atoms with Gasteiger partial charge in [0, 0.05) is 26.2 Å². The van der Waals surface area contributed by atoms with Crippen molar-refractivity contribution < 1.29 is 19.5 Å². The van der Waals surface area contributed by atoms with Gasteiger partial charge >= 0.3 is 5.97 Å². The Labute approximate surface area is 136 Å². The summed E-state index contributed by atoms with van der Waals surface area (Å²) in [6.07, 6.45) is 2.25. The minimum Gasteiger partial charge on any atom is -0.481 e. The van der Waals surface area contributed by atoms with Crippen LogP contribution in [0.1, 0.15) is 19.8 Å². The third kappa shape index (κ3) is 2.82. The van der Waals surface area contributed by atoms with Gasteiger partial charge < -0.3 is 14.9 Å². The minimum atomic E-state index is -1.12. The monoisotopic (exact) mass is 323 g/mol. The van der Waals surface area contributed by atoms with E-state index in [1.165, 1.54) is 0 Å². The fraction of sp³-hybridized carbons (Fsp3) is 0.812. The first kappa shape index (κ1) is 16.2. The number of nitrogens with zero attached hydrogens (tertiary/aromatic N) is 3. The van der Waals surface area contributed by atoms with E-state index in [0.717, 1.165) is 19.4 Å². The maximum Gasteiger partial charge on any atom is 0.314 e. The van der Waals surface area contributed by atoms with Crippen LogP contribution >= 0.6 is 0 Å². The molecule has 7 heteroatoms. The van der Waals surface area contributed by atoms with Gasteiger partial charge in [-0.2, -0.15) is 0 Å². The van der Waals surface area contributed by atoms with Crippen LogP contribution in [-0.4, -0.2) is 83.9 Å². The largest absolute Gasteiger partial charge is 0.481 e. The lowest BCUT2D eigenvalue weighted by molar-refractivity contribution is -0.150. The van der Waals surface area contributed by atoms with E-state index in [0.29, 0.717) is 12.5 Å². The number of aliphatic carboxylic acids is 1. The minimum absolute atomic E-state index is 0.0848. The van der Waals surface area contributed by atoms with Gasteiger partial charge in [-0.05, 0) is 32.4 Å². The molecule has 2 heterocycles. The van der Waals surface area contributed by atoms with Crippen molar-refractivity contribution in [3.63, 3.8) is 0 Å². The van der Waals surface area contributed by atoms with Gasteiger partial charge in [0.1, 0.15) is 5.41 Å². The summed E-state index contributed by atoms with van der Waals surface area (Å²) in [5, 5.41) is 9.76. The van der Waals surface area contributed by atoms with Gasteiger partial charge in [0.25, 0.3) is 0 Å². The first-order chi connectivity index (χ1) is 10.9. The predicted molar refractivity (Wildman–Crippen MR) is 82.6 cm³/mol. The third-order valence-corrected chi connectivity index (χ3v) is 5.52. The van der Waals surface area contributed by atoms with Crippen molar-refractivity contribution in [3.8, 4) is 0 Å². The Morgan fingerprint density at radius 1 is 1.35 bits per heavy atom. The average Bonchev–Trinajstić information content (AvgIpc) is 3.16. The third-order valence-electron chi connectivity index (χ3n) is 5.52. The standard InChI is InChI=1S/C16H25N3O4/c1-3-17(2)8-13(20)18-7-12-14(21)19(6-11-4-5-11)10-16(12,9-18)15(22)23/h11-12H,3-10H2,1-2H3,(H,22,23)/t12-,16-/m0/s1. The first-order valence-electron chi connectivity index (χ1n) is 8.36. The zero-order valence-corrected chi connectivity index (χ0v) is 13.8. The molecule has 2 saturated heterocycles. The Morgan fingerprint density at radius 2 is 2.04 bits per heavy atom. The van der Waals surface area contributed by atoms with Crippen LogP contribution in [0, 0.1) is 17.3 Å². The summed E-state index contributed by atoms with van der Waals surface area (Å²) < 4.78 is 0. The Balaban J connectivity index is 1.73. The highest BCUT2D eigenvalue weighted by Gasteiger charge is 2.63. The van der Waals surface area contributed by atoms with Gasteiger partial charge in [-0.1, -0.05) is 6.92 Å². The van der Waals surface area contributed by atoms with Gasteiger partial charge in [0.2, 0.25) is 11.8 Å². The number of carboxylic acids is 1. The molecule has 2 amide bonds. The molecule has 0 aromatic carbocycles. The summed E-state index contributed by atoms with van der Waals surface area (Å²) in [7, 11) is 1.85. The van der Waals surface area contributed by atoms with Gasteiger partial charge in [-0.3, -0.25) is 19.3 Å².